The highest BCUT2D eigenvalue weighted by atomic mass is 19.4. The molecule has 0 unspecified atom stereocenters. The van der Waals surface area contributed by atoms with E-state index >= 15 is 0 Å². The van der Waals surface area contributed by atoms with Gasteiger partial charge in [0, 0.05) is 11.8 Å². The number of ether oxygens (including phenoxy) is 1. The summed E-state index contributed by atoms with van der Waals surface area (Å²) in [6.45, 7) is -0.461. The average Bonchev–Trinajstić information content (AvgIpc) is 3.27. The van der Waals surface area contributed by atoms with Crippen LogP contribution >= 0.6 is 0 Å². The molecule has 0 aliphatic heterocycles. The molecule has 9 heteroatoms. The zero-order chi connectivity index (χ0) is 22.0. The first-order chi connectivity index (χ1) is 14.8. The fraction of sp³-hybridized carbons (Fsp3) is 0.0909. The van der Waals surface area contributed by atoms with Crippen LogP contribution in [0.2, 0.25) is 0 Å². The summed E-state index contributed by atoms with van der Waals surface area (Å²) in [5, 5.41) is 2.58. The van der Waals surface area contributed by atoms with Gasteiger partial charge in [-0.15, -0.1) is 0 Å². The molecule has 2 heterocycles. The Morgan fingerprint density at radius 1 is 1.00 bits per heavy atom. The quantitative estimate of drug-likeness (QED) is 0.478. The third kappa shape index (κ3) is 4.61. The molecule has 0 aliphatic rings. The summed E-state index contributed by atoms with van der Waals surface area (Å²) in [4.78, 5) is 24.5. The molecule has 31 heavy (non-hydrogen) atoms. The van der Waals surface area contributed by atoms with Crippen LogP contribution in [0.25, 0.3) is 22.5 Å². The van der Waals surface area contributed by atoms with E-state index in [-0.39, 0.29) is 28.0 Å². The highest BCUT2D eigenvalue weighted by Crippen LogP contribution is 2.30. The van der Waals surface area contributed by atoms with Crippen molar-refractivity contribution >= 4 is 22.6 Å². The molecule has 0 radical (unpaired) electrons. The minimum absolute atomic E-state index is 0.00645. The molecule has 0 spiro atoms. The maximum absolute atomic E-state index is 12.8. The first-order valence-electron chi connectivity index (χ1n) is 9.01. The number of nitrogens with one attached hydrogen (secondary N) is 1. The number of furan rings is 1. The van der Waals surface area contributed by atoms with Crippen molar-refractivity contribution in [3.63, 3.8) is 0 Å². The van der Waals surface area contributed by atoms with E-state index in [4.69, 9.17) is 13.6 Å². The summed E-state index contributed by atoms with van der Waals surface area (Å²) in [6.07, 6.45) is -3.05. The lowest BCUT2D eigenvalue weighted by atomic mass is 10.2. The number of carbonyl (C=O) groups excluding carboxylic acids is 1. The van der Waals surface area contributed by atoms with Gasteiger partial charge in [0.15, 0.2) is 23.6 Å². The third-order valence-electron chi connectivity index (χ3n) is 4.31. The van der Waals surface area contributed by atoms with E-state index < -0.39 is 24.3 Å². The lowest BCUT2D eigenvalue weighted by molar-refractivity contribution is -0.137. The summed E-state index contributed by atoms with van der Waals surface area (Å²) in [7, 11) is 0. The van der Waals surface area contributed by atoms with Crippen LogP contribution in [-0.2, 0) is 11.0 Å². The van der Waals surface area contributed by atoms with Gasteiger partial charge < -0.3 is 18.9 Å². The van der Waals surface area contributed by atoms with Crippen LogP contribution < -0.4 is 15.5 Å². The summed E-state index contributed by atoms with van der Waals surface area (Å²) in [5.41, 5.74) is -0.902. The normalized spacial score (nSPS) is 11.5. The van der Waals surface area contributed by atoms with Gasteiger partial charge in [0.1, 0.15) is 11.3 Å². The van der Waals surface area contributed by atoms with Crippen molar-refractivity contribution in [1.82, 2.24) is 0 Å². The predicted molar refractivity (Wildman–Crippen MR) is 106 cm³/mol. The van der Waals surface area contributed by atoms with E-state index in [1.165, 1.54) is 42.7 Å². The van der Waals surface area contributed by atoms with Gasteiger partial charge in [0.2, 0.25) is 0 Å². The van der Waals surface area contributed by atoms with Crippen molar-refractivity contribution < 1.29 is 31.5 Å². The van der Waals surface area contributed by atoms with Crippen LogP contribution in [0, 0.1) is 0 Å². The smallest absolute Gasteiger partial charge is 0.416 e. The molecule has 158 valence electrons. The van der Waals surface area contributed by atoms with Gasteiger partial charge in [0.05, 0.1) is 17.2 Å². The maximum Gasteiger partial charge on any atom is 0.416 e. The summed E-state index contributed by atoms with van der Waals surface area (Å²) >= 11 is 0. The number of halogens is 3. The standard InChI is InChI=1S/C22H14F3NO5/c23-22(24,25)13-3-1-4-14(9-13)26-21(28)12-30-15-6-7-18-16(10-15)17(27)11-20(31-18)19-5-2-8-29-19/h1-11H,12H2,(H,26,28). The summed E-state index contributed by atoms with van der Waals surface area (Å²) in [5.74, 6) is 0.256. The maximum atomic E-state index is 12.8. The molecule has 0 atom stereocenters. The lowest BCUT2D eigenvalue weighted by Gasteiger charge is -2.11. The molecule has 0 bridgehead atoms. The molecule has 0 saturated carbocycles. The number of anilines is 1. The number of amides is 1. The van der Waals surface area contributed by atoms with Crippen molar-refractivity contribution in [2.75, 3.05) is 11.9 Å². The number of hydrogen-bond donors (Lipinski definition) is 1. The highest BCUT2D eigenvalue weighted by molar-refractivity contribution is 5.92. The second kappa shape index (κ2) is 8.02. The number of alkyl halides is 3. The van der Waals surface area contributed by atoms with Gasteiger partial charge in [-0.05, 0) is 48.5 Å². The van der Waals surface area contributed by atoms with E-state index in [1.807, 2.05) is 0 Å². The first-order valence-corrected chi connectivity index (χ1v) is 9.01. The van der Waals surface area contributed by atoms with Crippen molar-refractivity contribution in [3.05, 3.63) is 82.7 Å². The molecule has 1 amide bonds. The van der Waals surface area contributed by atoms with E-state index in [2.05, 4.69) is 5.32 Å². The minimum Gasteiger partial charge on any atom is -0.484 e. The molecule has 0 saturated heterocycles. The van der Waals surface area contributed by atoms with E-state index in [0.717, 1.165) is 12.1 Å². The minimum atomic E-state index is -4.51. The third-order valence-corrected chi connectivity index (χ3v) is 4.31. The van der Waals surface area contributed by atoms with Crippen molar-refractivity contribution in [2.24, 2.45) is 0 Å². The van der Waals surface area contributed by atoms with Crippen LogP contribution in [0.4, 0.5) is 18.9 Å². The fourth-order valence-electron chi connectivity index (χ4n) is 2.88. The molecule has 0 aliphatic carbocycles. The van der Waals surface area contributed by atoms with Crippen molar-refractivity contribution in [2.45, 2.75) is 6.18 Å². The van der Waals surface area contributed by atoms with Gasteiger partial charge in [0.25, 0.3) is 5.91 Å². The van der Waals surface area contributed by atoms with Crippen molar-refractivity contribution in [3.8, 4) is 17.3 Å². The number of benzene rings is 2. The SMILES string of the molecule is O=C(COc1ccc2oc(-c3ccco3)cc(=O)c2c1)Nc1cccc(C(F)(F)F)c1. The Bertz CT molecular complexity index is 1290. The predicted octanol–water partition coefficient (Wildman–Crippen LogP) is 5.09. The second-order valence-corrected chi connectivity index (χ2v) is 6.53. The topological polar surface area (TPSA) is 81.7 Å². The number of rotatable bonds is 5. The Labute approximate surface area is 172 Å². The number of hydrogen-bond acceptors (Lipinski definition) is 5. The van der Waals surface area contributed by atoms with Gasteiger partial charge in [-0.3, -0.25) is 9.59 Å². The monoisotopic (exact) mass is 429 g/mol. The Morgan fingerprint density at radius 3 is 2.58 bits per heavy atom. The van der Waals surface area contributed by atoms with E-state index in [0.29, 0.717) is 11.3 Å². The lowest BCUT2D eigenvalue weighted by Crippen LogP contribution is -2.20. The highest BCUT2D eigenvalue weighted by Gasteiger charge is 2.30. The van der Waals surface area contributed by atoms with Gasteiger partial charge in [-0.2, -0.15) is 13.2 Å². The molecule has 2 aromatic carbocycles. The Hall–Kier alpha value is -4.01. The zero-order valence-electron chi connectivity index (χ0n) is 15.7. The van der Waals surface area contributed by atoms with Crippen LogP contribution in [-0.4, -0.2) is 12.5 Å². The zero-order valence-corrected chi connectivity index (χ0v) is 15.7. The molecule has 6 nitrogen and oxygen atoms in total. The first kappa shape index (κ1) is 20.3. The average molecular weight is 429 g/mol. The van der Waals surface area contributed by atoms with Gasteiger partial charge in [-0.25, -0.2) is 0 Å². The van der Waals surface area contributed by atoms with E-state index in [9.17, 15) is 22.8 Å². The Morgan fingerprint density at radius 2 is 1.84 bits per heavy atom. The molecule has 4 rings (SSSR count). The molecule has 2 aromatic heterocycles. The van der Waals surface area contributed by atoms with Crippen molar-refractivity contribution in [1.29, 1.82) is 0 Å². The molecule has 0 fully saturated rings. The van der Waals surface area contributed by atoms with E-state index in [1.54, 1.807) is 12.1 Å². The number of carbonyl (C=O) groups is 1. The second-order valence-electron chi connectivity index (χ2n) is 6.53. The van der Waals surface area contributed by atoms with Crippen LogP contribution in [0.1, 0.15) is 5.56 Å². The van der Waals surface area contributed by atoms with Gasteiger partial charge in [-0.1, -0.05) is 6.07 Å². The van der Waals surface area contributed by atoms with Crippen LogP contribution in [0.3, 0.4) is 0 Å². The largest absolute Gasteiger partial charge is 0.484 e. The summed E-state index contributed by atoms with van der Waals surface area (Å²) < 4.78 is 54.5. The fourth-order valence-corrected chi connectivity index (χ4v) is 2.88. The Balaban J connectivity index is 1.45. The molecular formula is C22H14F3NO5. The van der Waals surface area contributed by atoms with Crippen LogP contribution in [0.15, 0.2) is 80.6 Å². The molecule has 1 N–H and O–H groups in total. The number of fused-ring (bicyclic) bond motifs is 1. The molecule has 4 aromatic rings. The molecular weight excluding hydrogens is 415 g/mol. The Kier molecular flexibility index (Phi) is 5.24. The van der Waals surface area contributed by atoms with Gasteiger partial charge >= 0.3 is 6.18 Å². The van der Waals surface area contributed by atoms with Crippen LogP contribution in [0.5, 0.6) is 5.75 Å². The summed E-state index contributed by atoms with van der Waals surface area (Å²) in [6, 6.07) is 13.3.